The summed E-state index contributed by atoms with van der Waals surface area (Å²) in [5.74, 6) is 1.03. The summed E-state index contributed by atoms with van der Waals surface area (Å²) < 4.78 is 11.3. The van der Waals surface area contributed by atoms with Crippen LogP contribution in [0.5, 0.6) is 5.75 Å². The van der Waals surface area contributed by atoms with E-state index in [1.165, 1.54) is 18.7 Å². The van der Waals surface area contributed by atoms with Crippen molar-refractivity contribution in [1.29, 1.82) is 0 Å². The molecule has 0 saturated heterocycles. The lowest BCUT2D eigenvalue weighted by Crippen LogP contribution is -2.12. The second kappa shape index (κ2) is 8.61. The van der Waals surface area contributed by atoms with Crippen LogP contribution < -0.4 is 10.1 Å². The number of rotatable bonds is 5. The Morgan fingerprint density at radius 1 is 1.03 bits per heavy atom. The first kappa shape index (κ1) is 21.2. The molecule has 31 heavy (non-hydrogen) atoms. The molecule has 5 nitrogen and oxygen atoms in total. The first-order chi connectivity index (χ1) is 14.9. The molecule has 0 bridgehead atoms. The van der Waals surface area contributed by atoms with Crippen LogP contribution in [-0.2, 0) is 0 Å². The Labute approximate surface area is 189 Å². The second-order valence-corrected chi connectivity index (χ2v) is 8.21. The zero-order valence-electron chi connectivity index (χ0n) is 17.2. The van der Waals surface area contributed by atoms with Gasteiger partial charge in [0.2, 0.25) is 5.89 Å². The van der Waals surface area contributed by atoms with Gasteiger partial charge in [0.15, 0.2) is 5.58 Å². The molecule has 0 fully saturated rings. The fraction of sp³-hybridized carbons (Fsp3) is 0.167. The van der Waals surface area contributed by atoms with E-state index in [0.29, 0.717) is 50.0 Å². The van der Waals surface area contributed by atoms with Crippen molar-refractivity contribution in [2.45, 2.75) is 19.8 Å². The number of fused-ring (bicyclic) bond motifs is 1. The average molecular weight is 455 g/mol. The predicted octanol–water partition coefficient (Wildman–Crippen LogP) is 7.19. The van der Waals surface area contributed by atoms with Crippen LogP contribution in [0.15, 0.2) is 59.0 Å². The van der Waals surface area contributed by atoms with Gasteiger partial charge < -0.3 is 14.5 Å². The zero-order valence-corrected chi connectivity index (χ0v) is 18.7. The number of carbonyl (C=O) groups is 1. The number of hydrogen-bond donors (Lipinski definition) is 1. The zero-order chi connectivity index (χ0) is 22.1. The number of amides is 1. The van der Waals surface area contributed by atoms with Gasteiger partial charge in [-0.2, -0.15) is 0 Å². The first-order valence-electron chi connectivity index (χ1n) is 9.71. The highest BCUT2D eigenvalue weighted by molar-refractivity contribution is 6.42. The Kier molecular flexibility index (Phi) is 5.90. The normalized spacial score (nSPS) is 11.2. The number of ether oxygens (including phenoxy) is 1. The van der Waals surface area contributed by atoms with E-state index >= 15 is 0 Å². The number of nitrogens with zero attached hydrogens (tertiary/aromatic N) is 1. The van der Waals surface area contributed by atoms with Crippen LogP contribution in [0, 0.1) is 0 Å². The van der Waals surface area contributed by atoms with Crippen molar-refractivity contribution >= 4 is 45.9 Å². The average Bonchev–Trinajstić information content (AvgIpc) is 3.19. The SMILES string of the molecule is COc1ccc(-c2nc3cc(C(C)C)ccc3o2)cc1NC(=O)c1ccc(Cl)c(Cl)c1. The minimum absolute atomic E-state index is 0.308. The van der Waals surface area contributed by atoms with Crippen molar-refractivity contribution in [2.24, 2.45) is 0 Å². The molecule has 0 aliphatic carbocycles. The smallest absolute Gasteiger partial charge is 0.255 e. The van der Waals surface area contributed by atoms with E-state index in [0.717, 1.165) is 5.52 Å². The van der Waals surface area contributed by atoms with Crippen LogP contribution in [0.1, 0.15) is 35.7 Å². The molecule has 0 unspecified atom stereocenters. The number of hydrogen-bond acceptors (Lipinski definition) is 4. The molecule has 1 N–H and O–H groups in total. The van der Waals surface area contributed by atoms with E-state index in [1.54, 1.807) is 24.3 Å². The summed E-state index contributed by atoms with van der Waals surface area (Å²) in [6.45, 7) is 4.27. The standard InChI is InChI=1S/C24H20Cl2N2O3/c1-13(2)14-5-9-22-20(11-14)28-24(31-22)16-6-8-21(30-3)19(12-16)27-23(29)15-4-7-17(25)18(26)10-15/h4-13H,1-3H3,(H,27,29). The van der Waals surface area contributed by atoms with Crippen LogP contribution in [0.25, 0.3) is 22.6 Å². The van der Waals surface area contributed by atoms with Gasteiger partial charge >= 0.3 is 0 Å². The van der Waals surface area contributed by atoms with E-state index in [-0.39, 0.29) is 5.91 Å². The molecule has 0 aliphatic rings. The van der Waals surface area contributed by atoms with Gasteiger partial charge in [-0.3, -0.25) is 4.79 Å². The largest absolute Gasteiger partial charge is 0.495 e. The van der Waals surface area contributed by atoms with Crippen molar-refractivity contribution in [3.8, 4) is 17.2 Å². The number of nitrogens with one attached hydrogen (secondary N) is 1. The third kappa shape index (κ3) is 4.38. The number of carbonyl (C=O) groups excluding carboxylic acids is 1. The molecule has 0 spiro atoms. The quantitative estimate of drug-likeness (QED) is 0.346. The van der Waals surface area contributed by atoms with E-state index < -0.39 is 0 Å². The second-order valence-electron chi connectivity index (χ2n) is 7.40. The van der Waals surface area contributed by atoms with E-state index in [2.05, 4.69) is 24.1 Å². The van der Waals surface area contributed by atoms with Crippen LogP contribution in [-0.4, -0.2) is 18.0 Å². The van der Waals surface area contributed by atoms with Crippen LogP contribution in [0.4, 0.5) is 5.69 Å². The lowest BCUT2D eigenvalue weighted by molar-refractivity contribution is 0.102. The Morgan fingerprint density at radius 2 is 1.84 bits per heavy atom. The molecule has 1 heterocycles. The number of anilines is 1. The Morgan fingerprint density at radius 3 is 2.55 bits per heavy atom. The fourth-order valence-electron chi connectivity index (χ4n) is 3.20. The molecule has 3 aromatic carbocycles. The Bertz CT molecular complexity index is 1280. The van der Waals surface area contributed by atoms with Gasteiger partial charge in [-0.05, 0) is 60.0 Å². The van der Waals surface area contributed by atoms with Gasteiger partial charge in [0, 0.05) is 11.1 Å². The minimum Gasteiger partial charge on any atom is -0.495 e. The Hall–Kier alpha value is -3.02. The van der Waals surface area contributed by atoms with Crippen molar-refractivity contribution < 1.29 is 13.9 Å². The molecule has 4 aromatic rings. The topological polar surface area (TPSA) is 64.4 Å². The molecule has 0 saturated carbocycles. The van der Waals surface area contributed by atoms with Crippen molar-refractivity contribution in [1.82, 2.24) is 4.98 Å². The van der Waals surface area contributed by atoms with Gasteiger partial charge in [-0.1, -0.05) is 43.1 Å². The fourth-order valence-corrected chi connectivity index (χ4v) is 3.50. The van der Waals surface area contributed by atoms with E-state index in [4.69, 9.17) is 32.4 Å². The van der Waals surface area contributed by atoms with Crippen molar-refractivity contribution in [3.63, 3.8) is 0 Å². The number of methoxy groups -OCH3 is 1. The van der Waals surface area contributed by atoms with Crippen LogP contribution in [0.3, 0.4) is 0 Å². The molecule has 0 atom stereocenters. The number of oxazole rings is 1. The maximum Gasteiger partial charge on any atom is 0.255 e. The van der Waals surface area contributed by atoms with Gasteiger partial charge in [0.1, 0.15) is 11.3 Å². The van der Waals surface area contributed by atoms with Gasteiger partial charge in [-0.25, -0.2) is 4.98 Å². The molecule has 158 valence electrons. The minimum atomic E-state index is -0.340. The highest BCUT2D eigenvalue weighted by Crippen LogP contribution is 2.33. The lowest BCUT2D eigenvalue weighted by atomic mass is 10.0. The highest BCUT2D eigenvalue weighted by Gasteiger charge is 2.15. The van der Waals surface area contributed by atoms with Gasteiger partial charge in [0.05, 0.1) is 22.8 Å². The van der Waals surface area contributed by atoms with E-state index in [1.807, 2.05) is 24.3 Å². The van der Waals surface area contributed by atoms with Crippen molar-refractivity contribution in [2.75, 3.05) is 12.4 Å². The molecular weight excluding hydrogens is 435 g/mol. The first-order valence-corrected chi connectivity index (χ1v) is 10.5. The third-order valence-electron chi connectivity index (χ3n) is 4.95. The lowest BCUT2D eigenvalue weighted by Gasteiger charge is -2.11. The van der Waals surface area contributed by atoms with E-state index in [9.17, 15) is 4.79 Å². The summed E-state index contributed by atoms with van der Waals surface area (Å²) in [7, 11) is 1.54. The number of aromatic nitrogens is 1. The van der Waals surface area contributed by atoms with Crippen molar-refractivity contribution in [3.05, 3.63) is 75.8 Å². The maximum absolute atomic E-state index is 12.7. The number of halogens is 2. The molecule has 4 rings (SSSR count). The molecule has 0 radical (unpaired) electrons. The monoisotopic (exact) mass is 454 g/mol. The summed E-state index contributed by atoms with van der Waals surface area (Å²) >= 11 is 12.0. The summed E-state index contributed by atoms with van der Waals surface area (Å²) in [5.41, 5.74) is 4.27. The summed E-state index contributed by atoms with van der Waals surface area (Å²) in [6.07, 6.45) is 0. The highest BCUT2D eigenvalue weighted by atomic mass is 35.5. The van der Waals surface area contributed by atoms with Gasteiger partial charge in [0.25, 0.3) is 5.91 Å². The number of benzene rings is 3. The van der Waals surface area contributed by atoms with Crippen LogP contribution >= 0.6 is 23.2 Å². The third-order valence-corrected chi connectivity index (χ3v) is 5.69. The maximum atomic E-state index is 12.7. The molecular formula is C24H20Cl2N2O3. The molecule has 1 amide bonds. The van der Waals surface area contributed by atoms with Gasteiger partial charge in [-0.15, -0.1) is 0 Å². The molecule has 0 aliphatic heterocycles. The molecule has 1 aromatic heterocycles. The summed E-state index contributed by atoms with van der Waals surface area (Å²) in [6, 6.07) is 16.1. The van der Waals surface area contributed by atoms with Crippen LogP contribution in [0.2, 0.25) is 10.0 Å². The summed E-state index contributed by atoms with van der Waals surface area (Å²) in [5, 5.41) is 3.55. The molecule has 7 heteroatoms. The summed E-state index contributed by atoms with van der Waals surface area (Å²) in [4.78, 5) is 17.4. The predicted molar refractivity (Wildman–Crippen MR) is 125 cm³/mol. The Balaban J connectivity index is 1.68.